The molecule has 1 unspecified atom stereocenters. The fraction of sp³-hybridized carbons (Fsp3) is 0.625. The van der Waals surface area contributed by atoms with Crippen molar-refractivity contribution in [3.05, 3.63) is 23.2 Å². The van der Waals surface area contributed by atoms with Gasteiger partial charge in [-0.15, -0.1) is 0 Å². The number of anilines is 2. The van der Waals surface area contributed by atoms with Gasteiger partial charge in [-0.05, 0) is 42.7 Å². The van der Waals surface area contributed by atoms with Gasteiger partial charge in [0.25, 0.3) is 0 Å². The summed E-state index contributed by atoms with van der Waals surface area (Å²) in [4.78, 5) is 2.40. The Hall–Kier alpha value is -0.890. The van der Waals surface area contributed by atoms with Gasteiger partial charge >= 0.3 is 0 Å². The lowest BCUT2D eigenvalue weighted by Crippen LogP contribution is -2.26. The number of benzene rings is 1. The molecule has 0 aromatic heterocycles. The summed E-state index contributed by atoms with van der Waals surface area (Å²) >= 11 is 6.12. The van der Waals surface area contributed by atoms with Gasteiger partial charge in [0.15, 0.2) is 0 Å². The molecule has 1 aromatic carbocycles. The molecule has 2 N–H and O–H groups in total. The number of hydrogen-bond donors (Lipinski definition) is 1. The van der Waals surface area contributed by atoms with Crippen LogP contribution in [0.4, 0.5) is 11.4 Å². The van der Waals surface area contributed by atoms with Crippen LogP contribution in [0.25, 0.3) is 0 Å². The highest BCUT2D eigenvalue weighted by Gasteiger charge is 2.27. The van der Waals surface area contributed by atoms with Crippen molar-refractivity contribution >= 4 is 23.0 Å². The topological polar surface area (TPSA) is 29.3 Å². The summed E-state index contributed by atoms with van der Waals surface area (Å²) in [5, 5.41) is 0.661. The molecule has 1 aliphatic rings. The first-order chi connectivity index (χ1) is 8.89. The molecule has 1 saturated heterocycles. The monoisotopic (exact) mass is 280 g/mol. The molecule has 2 nitrogen and oxygen atoms in total. The average Bonchev–Trinajstić information content (AvgIpc) is 2.57. The Morgan fingerprint density at radius 1 is 1.21 bits per heavy atom. The third kappa shape index (κ3) is 3.36. The first-order valence-electron chi connectivity index (χ1n) is 7.18. The fourth-order valence-electron chi connectivity index (χ4n) is 3.00. The van der Waals surface area contributed by atoms with Gasteiger partial charge in [-0.25, -0.2) is 0 Å². The van der Waals surface area contributed by atoms with E-state index in [-0.39, 0.29) is 0 Å². The number of nitrogens with zero attached hydrogens (tertiary/aromatic N) is 1. The van der Waals surface area contributed by atoms with Crippen molar-refractivity contribution in [2.45, 2.75) is 40.0 Å². The Bertz CT molecular complexity index is 437. The Balaban J connectivity index is 2.13. The molecular weight excluding hydrogens is 256 g/mol. The van der Waals surface area contributed by atoms with E-state index in [2.05, 4.69) is 31.7 Å². The first-order valence-corrected chi connectivity index (χ1v) is 7.56. The molecule has 1 heterocycles. The third-order valence-electron chi connectivity index (χ3n) is 4.32. The minimum Gasteiger partial charge on any atom is -0.396 e. The maximum atomic E-state index is 6.12. The summed E-state index contributed by atoms with van der Waals surface area (Å²) in [6.07, 6.45) is 3.77. The molecule has 0 bridgehead atoms. The van der Waals surface area contributed by atoms with E-state index in [1.54, 1.807) is 0 Å². The molecule has 2 rings (SSSR count). The van der Waals surface area contributed by atoms with Gasteiger partial charge in [0.05, 0.1) is 16.4 Å². The lowest BCUT2D eigenvalue weighted by Gasteiger charge is -2.30. The van der Waals surface area contributed by atoms with E-state index >= 15 is 0 Å². The van der Waals surface area contributed by atoms with E-state index in [0.29, 0.717) is 10.4 Å². The Morgan fingerprint density at radius 3 is 2.63 bits per heavy atom. The van der Waals surface area contributed by atoms with Gasteiger partial charge in [0, 0.05) is 13.1 Å². The highest BCUT2D eigenvalue weighted by atomic mass is 35.5. The molecule has 19 heavy (non-hydrogen) atoms. The standard InChI is InChI=1S/C16H25ClN2/c1-16(2,3)12-6-5-10-19(11-9-12)14-8-4-7-13(17)15(14)18/h4,7-8,12H,5-6,9-11,18H2,1-3H3. The summed E-state index contributed by atoms with van der Waals surface area (Å²) in [7, 11) is 0. The number of nitrogen functional groups attached to an aromatic ring is 1. The number of para-hydroxylation sites is 1. The lowest BCUT2D eigenvalue weighted by molar-refractivity contribution is 0.220. The zero-order valence-electron chi connectivity index (χ0n) is 12.2. The predicted molar refractivity (Wildman–Crippen MR) is 84.9 cm³/mol. The Kier molecular flexibility index (Phi) is 4.29. The SMILES string of the molecule is CC(C)(C)C1CCCN(c2cccc(Cl)c2N)CC1. The molecule has 0 saturated carbocycles. The van der Waals surface area contributed by atoms with Crippen LogP contribution in [-0.4, -0.2) is 13.1 Å². The van der Waals surface area contributed by atoms with Crippen LogP contribution < -0.4 is 10.6 Å². The van der Waals surface area contributed by atoms with E-state index in [4.69, 9.17) is 17.3 Å². The molecule has 1 atom stereocenters. The molecule has 0 spiro atoms. The first kappa shape index (κ1) is 14.5. The van der Waals surface area contributed by atoms with Crippen molar-refractivity contribution in [1.29, 1.82) is 0 Å². The summed E-state index contributed by atoms with van der Waals surface area (Å²) in [5.41, 5.74) is 8.33. The van der Waals surface area contributed by atoms with Crippen molar-refractivity contribution in [3.63, 3.8) is 0 Å². The van der Waals surface area contributed by atoms with Crippen LogP contribution >= 0.6 is 11.6 Å². The van der Waals surface area contributed by atoms with Gasteiger partial charge in [0.2, 0.25) is 0 Å². The van der Waals surface area contributed by atoms with Crippen molar-refractivity contribution in [1.82, 2.24) is 0 Å². The van der Waals surface area contributed by atoms with Gasteiger partial charge < -0.3 is 10.6 Å². The molecule has 106 valence electrons. The second-order valence-electron chi connectivity index (χ2n) is 6.65. The summed E-state index contributed by atoms with van der Waals surface area (Å²) in [6, 6.07) is 5.93. The van der Waals surface area contributed by atoms with E-state index in [0.717, 1.165) is 30.4 Å². The van der Waals surface area contributed by atoms with E-state index in [1.165, 1.54) is 19.3 Å². The third-order valence-corrected chi connectivity index (χ3v) is 4.65. The maximum absolute atomic E-state index is 6.12. The summed E-state index contributed by atoms with van der Waals surface area (Å²) in [6.45, 7) is 9.20. The fourth-order valence-corrected chi connectivity index (χ4v) is 3.17. The second kappa shape index (κ2) is 5.62. The van der Waals surface area contributed by atoms with Gasteiger partial charge in [-0.1, -0.05) is 38.4 Å². The highest BCUT2D eigenvalue weighted by Crippen LogP contribution is 2.37. The molecular formula is C16H25ClN2. The summed E-state index contributed by atoms with van der Waals surface area (Å²) < 4.78 is 0. The Labute approximate surface area is 121 Å². The maximum Gasteiger partial charge on any atom is 0.0741 e. The average molecular weight is 281 g/mol. The van der Waals surface area contributed by atoms with Gasteiger partial charge in [-0.3, -0.25) is 0 Å². The van der Waals surface area contributed by atoms with Crippen LogP contribution in [-0.2, 0) is 0 Å². The molecule has 3 heteroatoms. The van der Waals surface area contributed by atoms with Crippen molar-refractivity contribution in [2.75, 3.05) is 23.7 Å². The molecule has 1 aromatic rings. The highest BCUT2D eigenvalue weighted by molar-refractivity contribution is 6.33. The number of nitrogens with two attached hydrogens (primary N) is 1. The molecule has 0 radical (unpaired) electrons. The van der Waals surface area contributed by atoms with E-state index in [9.17, 15) is 0 Å². The number of hydrogen-bond acceptors (Lipinski definition) is 2. The van der Waals surface area contributed by atoms with Crippen LogP contribution in [0.5, 0.6) is 0 Å². The number of rotatable bonds is 1. The molecule has 1 aliphatic heterocycles. The zero-order valence-corrected chi connectivity index (χ0v) is 13.0. The minimum atomic E-state index is 0.399. The van der Waals surface area contributed by atoms with E-state index < -0.39 is 0 Å². The minimum absolute atomic E-state index is 0.399. The molecule has 0 amide bonds. The smallest absolute Gasteiger partial charge is 0.0741 e. The van der Waals surface area contributed by atoms with Gasteiger partial charge in [0.1, 0.15) is 0 Å². The second-order valence-corrected chi connectivity index (χ2v) is 7.06. The normalized spacial score (nSPS) is 21.3. The van der Waals surface area contributed by atoms with Crippen LogP contribution in [0.15, 0.2) is 18.2 Å². The largest absolute Gasteiger partial charge is 0.396 e. The quantitative estimate of drug-likeness (QED) is 0.763. The van der Waals surface area contributed by atoms with Gasteiger partial charge in [-0.2, -0.15) is 0 Å². The summed E-state index contributed by atoms with van der Waals surface area (Å²) in [5.74, 6) is 0.790. The van der Waals surface area contributed by atoms with E-state index in [1.807, 2.05) is 12.1 Å². The zero-order chi connectivity index (χ0) is 14.0. The van der Waals surface area contributed by atoms with Crippen molar-refractivity contribution in [2.24, 2.45) is 11.3 Å². The number of halogens is 1. The van der Waals surface area contributed by atoms with Crippen LogP contribution in [0.3, 0.4) is 0 Å². The van der Waals surface area contributed by atoms with Crippen LogP contribution in [0.1, 0.15) is 40.0 Å². The Morgan fingerprint density at radius 2 is 1.95 bits per heavy atom. The van der Waals surface area contributed by atoms with Crippen molar-refractivity contribution in [3.8, 4) is 0 Å². The lowest BCUT2D eigenvalue weighted by atomic mass is 9.77. The van der Waals surface area contributed by atoms with Crippen molar-refractivity contribution < 1.29 is 0 Å². The van der Waals surface area contributed by atoms with Crippen LogP contribution in [0, 0.1) is 11.3 Å². The predicted octanol–water partition coefficient (Wildman–Crippen LogP) is 4.57. The van der Waals surface area contributed by atoms with Crippen LogP contribution in [0.2, 0.25) is 5.02 Å². The molecule has 0 aliphatic carbocycles. The molecule has 1 fully saturated rings.